The summed E-state index contributed by atoms with van der Waals surface area (Å²) in [6, 6.07) is 6.61. The zero-order valence-electron chi connectivity index (χ0n) is 11.6. The minimum atomic E-state index is 0.511. The van der Waals surface area contributed by atoms with Crippen molar-refractivity contribution in [3.63, 3.8) is 0 Å². The Labute approximate surface area is 113 Å². The van der Waals surface area contributed by atoms with E-state index in [0.29, 0.717) is 6.04 Å². The van der Waals surface area contributed by atoms with Gasteiger partial charge in [0.25, 0.3) is 0 Å². The van der Waals surface area contributed by atoms with Gasteiger partial charge in [0, 0.05) is 24.8 Å². The predicted molar refractivity (Wildman–Crippen MR) is 76.6 cm³/mol. The fraction of sp³-hybridized carbons (Fsp3) is 0.571. The Bertz CT molecular complexity index is 556. The van der Waals surface area contributed by atoms with Crippen molar-refractivity contribution in [1.29, 1.82) is 0 Å². The van der Waals surface area contributed by atoms with Crippen LogP contribution in [0, 0.1) is 6.92 Å². The highest BCUT2D eigenvalue weighted by molar-refractivity contribution is 5.46. The third kappa shape index (κ3) is 2.30. The lowest BCUT2D eigenvalue weighted by Crippen LogP contribution is -2.46. The molecular formula is C14H21N5. The number of anilines is 1. The number of hydrogen-bond donors (Lipinski definition) is 1. The molecule has 1 saturated heterocycles. The van der Waals surface area contributed by atoms with Gasteiger partial charge in [0.1, 0.15) is 0 Å². The van der Waals surface area contributed by atoms with E-state index in [1.165, 1.54) is 12.8 Å². The van der Waals surface area contributed by atoms with E-state index in [1.54, 1.807) is 0 Å². The average molecular weight is 259 g/mol. The molecule has 1 fully saturated rings. The van der Waals surface area contributed by atoms with E-state index < -0.39 is 0 Å². The van der Waals surface area contributed by atoms with Crippen LogP contribution in [0.2, 0.25) is 0 Å². The van der Waals surface area contributed by atoms with Crippen molar-refractivity contribution in [3.05, 3.63) is 23.9 Å². The largest absolute Gasteiger partial charge is 0.336 e. The van der Waals surface area contributed by atoms with E-state index in [0.717, 1.165) is 36.9 Å². The van der Waals surface area contributed by atoms with E-state index in [4.69, 9.17) is 0 Å². The SMILES string of the molecule is CCN(c1nc2cccc(C)n2n1)C1CCCNC1. The first-order valence-corrected chi connectivity index (χ1v) is 7.09. The van der Waals surface area contributed by atoms with Crippen molar-refractivity contribution in [2.24, 2.45) is 0 Å². The van der Waals surface area contributed by atoms with Crippen molar-refractivity contribution in [2.75, 3.05) is 24.5 Å². The maximum absolute atomic E-state index is 4.67. The van der Waals surface area contributed by atoms with Crippen molar-refractivity contribution < 1.29 is 0 Å². The average Bonchev–Trinajstić information content (AvgIpc) is 2.86. The smallest absolute Gasteiger partial charge is 0.245 e. The van der Waals surface area contributed by atoms with Crippen molar-refractivity contribution in [2.45, 2.75) is 32.7 Å². The van der Waals surface area contributed by atoms with Crippen molar-refractivity contribution >= 4 is 11.6 Å². The molecule has 0 bridgehead atoms. The minimum absolute atomic E-state index is 0.511. The minimum Gasteiger partial charge on any atom is -0.336 e. The van der Waals surface area contributed by atoms with Gasteiger partial charge in [0.15, 0.2) is 5.65 Å². The van der Waals surface area contributed by atoms with E-state index in [9.17, 15) is 0 Å². The number of rotatable bonds is 3. The lowest BCUT2D eigenvalue weighted by molar-refractivity contribution is 0.431. The molecule has 0 spiro atoms. The first-order valence-electron chi connectivity index (χ1n) is 7.09. The lowest BCUT2D eigenvalue weighted by atomic mass is 10.1. The van der Waals surface area contributed by atoms with Gasteiger partial charge in [-0.15, -0.1) is 5.10 Å². The standard InChI is InChI=1S/C14H21N5/c1-3-18(12-7-5-9-15-10-12)14-16-13-8-4-6-11(2)19(13)17-14/h4,6,8,12,15H,3,5,7,9-10H2,1-2H3. The Balaban J connectivity index is 1.94. The fourth-order valence-corrected chi connectivity index (χ4v) is 2.81. The summed E-state index contributed by atoms with van der Waals surface area (Å²) in [5.74, 6) is 0.852. The van der Waals surface area contributed by atoms with E-state index >= 15 is 0 Å². The highest BCUT2D eigenvalue weighted by Crippen LogP contribution is 2.18. The monoisotopic (exact) mass is 259 g/mol. The molecule has 1 atom stereocenters. The van der Waals surface area contributed by atoms with Crippen LogP contribution >= 0.6 is 0 Å². The molecule has 1 aliphatic rings. The maximum atomic E-state index is 4.67. The van der Waals surface area contributed by atoms with Gasteiger partial charge in [-0.2, -0.15) is 4.98 Å². The van der Waals surface area contributed by atoms with Crippen LogP contribution in [0.1, 0.15) is 25.5 Å². The van der Waals surface area contributed by atoms with E-state index in [-0.39, 0.29) is 0 Å². The zero-order valence-corrected chi connectivity index (χ0v) is 11.6. The molecule has 5 nitrogen and oxygen atoms in total. The maximum Gasteiger partial charge on any atom is 0.245 e. The van der Waals surface area contributed by atoms with Gasteiger partial charge in [0.05, 0.1) is 0 Å². The van der Waals surface area contributed by atoms with Gasteiger partial charge in [-0.1, -0.05) is 6.07 Å². The second-order valence-corrected chi connectivity index (χ2v) is 5.14. The molecule has 0 radical (unpaired) electrons. The Hall–Kier alpha value is -1.62. The number of pyridine rings is 1. The summed E-state index contributed by atoms with van der Waals surface area (Å²) in [6.45, 7) is 7.34. The third-order valence-corrected chi connectivity index (χ3v) is 3.85. The molecule has 5 heteroatoms. The molecule has 3 heterocycles. The molecule has 0 aliphatic carbocycles. The third-order valence-electron chi connectivity index (χ3n) is 3.85. The molecular weight excluding hydrogens is 238 g/mol. The topological polar surface area (TPSA) is 45.5 Å². The number of nitrogens with zero attached hydrogens (tertiary/aromatic N) is 4. The van der Waals surface area contributed by atoms with Crippen LogP contribution < -0.4 is 10.2 Å². The summed E-state index contributed by atoms with van der Waals surface area (Å²) < 4.78 is 1.92. The fourth-order valence-electron chi connectivity index (χ4n) is 2.81. The van der Waals surface area contributed by atoms with E-state index in [2.05, 4.69) is 40.2 Å². The molecule has 102 valence electrons. The van der Waals surface area contributed by atoms with Gasteiger partial charge in [-0.05, 0) is 45.4 Å². The highest BCUT2D eigenvalue weighted by Gasteiger charge is 2.23. The van der Waals surface area contributed by atoms with Crippen LogP contribution in [-0.2, 0) is 0 Å². The Morgan fingerprint density at radius 3 is 3.05 bits per heavy atom. The lowest BCUT2D eigenvalue weighted by Gasteiger charge is -2.33. The van der Waals surface area contributed by atoms with Gasteiger partial charge < -0.3 is 10.2 Å². The van der Waals surface area contributed by atoms with Crippen LogP contribution in [0.15, 0.2) is 18.2 Å². The number of aromatic nitrogens is 3. The first-order chi connectivity index (χ1) is 9.29. The predicted octanol–water partition coefficient (Wildman–Crippen LogP) is 1.62. The molecule has 2 aromatic heterocycles. The number of aryl methyl sites for hydroxylation is 1. The Morgan fingerprint density at radius 1 is 1.47 bits per heavy atom. The summed E-state index contributed by atoms with van der Waals surface area (Å²) in [7, 11) is 0. The number of piperidine rings is 1. The normalized spacial score (nSPS) is 19.8. The summed E-state index contributed by atoms with van der Waals surface area (Å²) >= 11 is 0. The Morgan fingerprint density at radius 2 is 2.37 bits per heavy atom. The van der Waals surface area contributed by atoms with E-state index in [1.807, 2.05) is 16.6 Å². The molecule has 19 heavy (non-hydrogen) atoms. The molecule has 1 unspecified atom stereocenters. The highest BCUT2D eigenvalue weighted by atomic mass is 15.4. The van der Waals surface area contributed by atoms with Gasteiger partial charge in [-0.25, -0.2) is 4.52 Å². The number of likely N-dealkylation sites (N-methyl/N-ethyl adjacent to an activating group) is 1. The van der Waals surface area contributed by atoms with Gasteiger partial charge in [0.2, 0.25) is 5.95 Å². The summed E-state index contributed by atoms with van der Waals surface area (Å²) in [4.78, 5) is 6.99. The molecule has 1 N–H and O–H groups in total. The second kappa shape index (κ2) is 5.17. The summed E-state index contributed by atoms with van der Waals surface area (Å²) in [5, 5.41) is 8.12. The quantitative estimate of drug-likeness (QED) is 0.909. The molecule has 2 aromatic rings. The summed E-state index contributed by atoms with van der Waals surface area (Å²) in [6.07, 6.45) is 2.45. The van der Waals surface area contributed by atoms with Crippen molar-refractivity contribution in [1.82, 2.24) is 19.9 Å². The van der Waals surface area contributed by atoms with Crippen LogP contribution in [0.5, 0.6) is 0 Å². The number of nitrogens with one attached hydrogen (secondary N) is 1. The van der Waals surface area contributed by atoms with Gasteiger partial charge >= 0.3 is 0 Å². The molecule has 3 rings (SSSR count). The number of fused-ring (bicyclic) bond motifs is 1. The van der Waals surface area contributed by atoms with Crippen LogP contribution in [-0.4, -0.2) is 40.3 Å². The van der Waals surface area contributed by atoms with Gasteiger partial charge in [-0.3, -0.25) is 0 Å². The number of hydrogen-bond acceptors (Lipinski definition) is 4. The second-order valence-electron chi connectivity index (χ2n) is 5.14. The van der Waals surface area contributed by atoms with Crippen molar-refractivity contribution in [3.8, 4) is 0 Å². The Kier molecular flexibility index (Phi) is 3.38. The molecule has 0 saturated carbocycles. The van der Waals surface area contributed by atoms with Crippen LogP contribution in [0.4, 0.5) is 5.95 Å². The van der Waals surface area contributed by atoms with Crippen LogP contribution in [0.3, 0.4) is 0 Å². The zero-order chi connectivity index (χ0) is 13.2. The summed E-state index contributed by atoms with van der Waals surface area (Å²) in [5.41, 5.74) is 2.05. The molecule has 1 aliphatic heterocycles. The first kappa shape index (κ1) is 12.4. The molecule has 0 amide bonds. The van der Waals surface area contributed by atoms with Crippen LogP contribution in [0.25, 0.3) is 5.65 Å². The molecule has 0 aromatic carbocycles.